The summed E-state index contributed by atoms with van der Waals surface area (Å²) in [7, 11) is -2.31. The standard InChI is InChI=1S/C22H23F3N2O4S/c1-31-20-11-10-18(32(29,30)27-13-3-2-4-14-27)15-19(20)26-21(28)12-7-16-5-8-17(9-6-16)22(23,24)25/h5-12,15H,2-4,13-14H2,1H3,(H,26,28)/b12-7+. The van der Waals surface area contributed by atoms with Crippen LogP contribution in [-0.4, -0.2) is 38.8 Å². The van der Waals surface area contributed by atoms with Gasteiger partial charge < -0.3 is 10.1 Å². The average Bonchev–Trinajstić information content (AvgIpc) is 2.78. The van der Waals surface area contributed by atoms with Crippen molar-refractivity contribution in [1.82, 2.24) is 4.31 Å². The van der Waals surface area contributed by atoms with Crippen molar-refractivity contribution >= 4 is 27.7 Å². The molecule has 2 aromatic carbocycles. The number of sulfonamides is 1. The summed E-state index contributed by atoms with van der Waals surface area (Å²) in [5.41, 5.74) is -0.204. The van der Waals surface area contributed by atoms with Gasteiger partial charge in [0, 0.05) is 19.2 Å². The largest absolute Gasteiger partial charge is 0.495 e. The Balaban J connectivity index is 1.76. The summed E-state index contributed by atoms with van der Waals surface area (Å²) in [4.78, 5) is 12.4. The molecule has 6 nitrogen and oxygen atoms in total. The summed E-state index contributed by atoms with van der Waals surface area (Å²) in [6.07, 6.45) is 0.655. The smallest absolute Gasteiger partial charge is 0.416 e. The number of benzene rings is 2. The molecule has 1 fully saturated rings. The maximum absolute atomic E-state index is 12.9. The van der Waals surface area contributed by atoms with Gasteiger partial charge in [0.1, 0.15) is 5.75 Å². The number of nitrogens with zero attached hydrogens (tertiary/aromatic N) is 1. The lowest BCUT2D eigenvalue weighted by Crippen LogP contribution is -2.35. The zero-order valence-electron chi connectivity index (χ0n) is 17.4. The fraction of sp³-hybridized carbons (Fsp3) is 0.318. The minimum Gasteiger partial charge on any atom is -0.495 e. The van der Waals surface area contributed by atoms with Crippen LogP contribution in [0.4, 0.5) is 18.9 Å². The van der Waals surface area contributed by atoms with Gasteiger partial charge >= 0.3 is 6.18 Å². The van der Waals surface area contributed by atoms with Crippen LogP contribution in [0.2, 0.25) is 0 Å². The van der Waals surface area contributed by atoms with E-state index in [1.165, 1.54) is 47.8 Å². The van der Waals surface area contributed by atoms with Crippen molar-refractivity contribution in [3.8, 4) is 5.75 Å². The predicted octanol–water partition coefficient (Wildman–Crippen LogP) is 4.54. The van der Waals surface area contributed by atoms with Crippen LogP contribution in [0.1, 0.15) is 30.4 Å². The minimum atomic E-state index is -4.43. The van der Waals surface area contributed by atoms with E-state index in [-0.39, 0.29) is 16.3 Å². The number of rotatable bonds is 6. The minimum absolute atomic E-state index is 0.0437. The number of carbonyl (C=O) groups excluding carboxylic acids is 1. The van der Waals surface area contributed by atoms with Crippen molar-refractivity contribution in [3.63, 3.8) is 0 Å². The second-order valence-corrected chi connectivity index (χ2v) is 9.21. The molecule has 0 atom stereocenters. The predicted molar refractivity (Wildman–Crippen MR) is 115 cm³/mol. The van der Waals surface area contributed by atoms with E-state index in [1.54, 1.807) is 0 Å². The highest BCUT2D eigenvalue weighted by atomic mass is 32.2. The lowest BCUT2D eigenvalue weighted by atomic mass is 10.1. The van der Waals surface area contributed by atoms with Gasteiger partial charge in [-0.3, -0.25) is 4.79 Å². The highest BCUT2D eigenvalue weighted by Crippen LogP contribution is 2.31. The molecule has 172 valence electrons. The summed E-state index contributed by atoms with van der Waals surface area (Å²) in [5, 5.41) is 2.57. The number of hydrogen-bond donors (Lipinski definition) is 1. The summed E-state index contributed by atoms with van der Waals surface area (Å²) in [5.74, 6) is -0.311. The fourth-order valence-electron chi connectivity index (χ4n) is 3.33. The SMILES string of the molecule is COc1ccc(S(=O)(=O)N2CCCCC2)cc1NC(=O)/C=C/c1ccc(C(F)(F)F)cc1. The van der Waals surface area contributed by atoms with Gasteiger partial charge in [0.25, 0.3) is 0 Å². The molecule has 0 spiro atoms. The van der Waals surface area contributed by atoms with Crippen molar-refractivity contribution in [1.29, 1.82) is 0 Å². The number of amides is 1. The van der Waals surface area contributed by atoms with Crippen LogP contribution in [-0.2, 0) is 21.0 Å². The third-order valence-electron chi connectivity index (χ3n) is 5.05. The van der Waals surface area contributed by atoms with Crippen LogP contribution in [0.3, 0.4) is 0 Å². The molecule has 10 heteroatoms. The van der Waals surface area contributed by atoms with E-state index in [1.807, 2.05) is 0 Å². The number of methoxy groups -OCH3 is 1. The number of hydrogen-bond acceptors (Lipinski definition) is 4. The van der Waals surface area contributed by atoms with E-state index in [9.17, 15) is 26.4 Å². The Hall–Kier alpha value is -2.85. The molecule has 1 heterocycles. The Morgan fingerprint density at radius 2 is 1.72 bits per heavy atom. The lowest BCUT2D eigenvalue weighted by Gasteiger charge is -2.26. The first-order chi connectivity index (χ1) is 15.1. The molecule has 1 saturated heterocycles. The molecular weight excluding hydrogens is 445 g/mol. The lowest BCUT2D eigenvalue weighted by molar-refractivity contribution is -0.137. The maximum Gasteiger partial charge on any atom is 0.416 e. The number of halogens is 3. The molecule has 1 aliphatic heterocycles. The molecular formula is C22H23F3N2O4S. The van der Waals surface area contributed by atoms with Crippen LogP contribution in [0, 0.1) is 0 Å². The highest BCUT2D eigenvalue weighted by molar-refractivity contribution is 7.89. The third-order valence-corrected chi connectivity index (χ3v) is 6.94. The summed E-state index contributed by atoms with van der Waals surface area (Å²) in [6, 6.07) is 8.58. The Morgan fingerprint density at radius 3 is 2.31 bits per heavy atom. The van der Waals surface area contributed by atoms with Crippen LogP contribution in [0.25, 0.3) is 6.08 Å². The quantitative estimate of drug-likeness (QED) is 0.632. The first-order valence-corrected chi connectivity index (χ1v) is 11.4. The molecule has 0 bridgehead atoms. The molecule has 2 aromatic rings. The Morgan fingerprint density at radius 1 is 1.06 bits per heavy atom. The van der Waals surface area contributed by atoms with E-state index >= 15 is 0 Å². The van der Waals surface area contributed by atoms with E-state index < -0.39 is 27.7 Å². The Bertz CT molecular complexity index is 1090. The van der Waals surface area contributed by atoms with Gasteiger partial charge in [-0.15, -0.1) is 0 Å². The Kier molecular flexibility index (Phi) is 7.25. The van der Waals surface area contributed by atoms with Gasteiger partial charge in [-0.2, -0.15) is 17.5 Å². The Labute approximate surface area is 184 Å². The van der Waals surface area contributed by atoms with E-state index in [4.69, 9.17) is 4.74 Å². The van der Waals surface area contributed by atoms with Crippen LogP contribution in [0.5, 0.6) is 5.75 Å². The first kappa shape index (κ1) is 23.8. The average molecular weight is 468 g/mol. The van der Waals surface area contributed by atoms with Crippen molar-refractivity contribution in [3.05, 3.63) is 59.7 Å². The molecule has 0 aliphatic carbocycles. The van der Waals surface area contributed by atoms with Crippen molar-refractivity contribution in [2.75, 3.05) is 25.5 Å². The monoisotopic (exact) mass is 468 g/mol. The number of nitrogens with one attached hydrogen (secondary N) is 1. The molecule has 32 heavy (non-hydrogen) atoms. The maximum atomic E-state index is 12.9. The number of ether oxygens (including phenoxy) is 1. The van der Waals surface area contributed by atoms with Gasteiger partial charge in [-0.05, 0) is 54.8 Å². The van der Waals surface area contributed by atoms with E-state index in [0.29, 0.717) is 18.7 Å². The van der Waals surface area contributed by atoms with Crippen LogP contribution < -0.4 is 10.1 Å². The van der Waals surface area contributed by atoms with Crippen LogP contribution in [0.15, 0.2) is 53.4 Å². The first-order valence-electron chi connectivity index (χ1n) is 9.96. The number of piperidine rings is 1. The van der Waals surface area contributed by atoms with Gasteiger partial charge in [0.05, 0.1) is 23.3 Å². The molecule has 1 aliphatic rings. The molecule has 3 rings (SSSR count). The zero-order chi connectivity index (χ0) is 23.4. The third kappa shape index (κ3) is 5.68. The number of anilines is 1. The van der Waals surface area contributed by atoms with Gasteiger partial charge in [-0.25, -0.2) is 8.42 Å². The zero-order valence-corrected chi connectivity index (χ0v) is 18.2. The fourth-order valence-corrected chi connectivity index (χ4v) is 4.87. The number of carbonyl (C=O) groups is 1. The van der Waals surface area contributed by atoms with Gasteiger partial charge in [0.15, 0.2) is 0 Å². The summed E-state index contributed by atoms with van der Waals surface area (Å²) >= 11 is 0. The molecule has 1 amide bonds. The second kappa shape index (κ2) is 9.74. The van der Waals surface area contributed by atoms with Crippen LogP contribution >= 0.6 is 0 Å². The summed E-state index contributed by atoms with van der Waals surface area (Å²) < 4.78 is 70.4. The van der Waals surface area contributed by atoms with Gasteiger partial charge in [-0.1, -0.05) is 18.6 Å². The van der Waals surface area contributed by atoms with Gasteiger partial charge in [0.2, 0.25) is 15.9 Å². The van der Waals surface area contributed by atoms with Crippen molar-refractivity contribution < 1.29 is 31.1 Å². The molecule has 1 N–H and O–H groups in total. The topological polar surface area (TPSA) is 75.7 Å². The molecule has 0 aromatic heterocycles. The highest BCUT2D eigenvalue weighted by Gasteiger charge is 2.30. The summed E-state index contributed by atoms with van der Waals surface area (Å²) in [6.45, 7) is 0.901. The molecule has 0 radical (unpaired) electrons. The molecule has 0 saturated carbocycles. The second-order valence-electron chi connectivity index (χ2n) is 7.27. The number of alkyl halides is 3. The normalized spacial score (nSPS) is 15.6. The molecule has 0 unspecified atom stereocenters. The van der Waals surface area contributed by atoms with Crippen molar-refractivity contribution in [2.45, 2.75) is 30.3 Å². The van der Waals surface area contributed by atoms with Crippen molar-refractivity contribution in [2.24, 2.45) is 0 Å². The van der Waals surface area contributed by atoms with E-state index in [0.717, 1.165) is 37.5 Å². The van der Waals surface area contributed by atoms with E-state index in [2.05, 4.69) is 5.32 Å².